The second-order valence-corrected chi connectivity index (χ2v) is 7.01. The van der Waals surface area contributed by atoms with Crippen LogP contribution in [0.4, 0.5) is 0 Å². The second kappa shape index (κ2) is 6.85. The Morgan fingerprint density at radius 1 is 1.30 bits per heavy atom. The highest BCUT2D eigenvalue weighted by Crippen LogP contribution is 2.31. The third-order valence-electron chi connectivity index (χ3n) is 4.25. The lowest BCUT2D eigenvalue weighted by Gasteiger charge is -2.04. The van der Waals surface area contributed by atoms with Gasteiger partial charge in [0, 0.05) is 10.9 Å². The smallest absolute Gasteiger partial charge is 0.373 e. The zero-order valence-corrected chi connectivity index (χ0v) is 15.6. The molecular weight excluding hydrogens is 364 g/mol. The summed E-state index contributed by atoms with van der Waals surface area (Å²) in [5.41, 5.74) is 3.70. The van der Waals surface area contributed by atoms with Crippen LogP contribution in [0.25, 0.3) is 21.3 Å². The molecule has 0 aliphatic heterocycles. The van der Waals surface area contributed by atoms with Gasteiger partial charge in [0.1, 0.15) is 10.5 Å². The molecule has 0 radical (unpaired) electrons. The highest BCUT2D eigenvalue weighted by Gasteiger charge is 2.15. The first-order valence-electron chi connectivity index (χ1n) is 8.27. The van der Waals surface area contributed by atoms with E-state index in [1.807, 2.05) is 30.5 Å². The van der Waals surface area contributed by atoms with Crippen LogP contribution in [-0.4, -0.2) is 22.6 Å². The summed E-state index contributed by atoms with van der Waals surface area (Å²) in [5, 5.41) is 1.96. The Labute approximate surface area is 158 Å². The molecule has 3 aromatic heterocycles. The van der Waals surface area contributed by atoms with Gasteiger partial charge in [0.05, 0.1) is 25.5 Å². The largest absolute Gasteiger partial charge is 0.463 e. The summed E-state index contributed by atoms with van der Waals surface area (Å²) in [5.74, 6) is 0.0322. The first kappa shape index (κ1) is 17.2. The Kier molecular flexibility index (Phi) is 4.37. The number of furan rings is 1. The molecule has 7 heteroatoms. The van der Waals surface area contributed by atoms with Crippen LogP contribution in [0.3, 0.4) is 0 Å². The van der Waals surface area contributed by atoms with Crippen molar-refractivity contribution in [3.63, 3.8) is 0 Å². The molecule has 0 aliphatic rings. The van der Waals surface area contributed by atoms with E-state index in [2.05, 4.69) is 15.8 Å². The normalized spacial score (nSPS) is 11.0. The van der Waals surface area contributed by atoms with Crippen molar-refractivity contribution < 1.29 is 13.9 Å². The molecule has 136 valence electrons. The van der Waals surface area contributed by atoms with Crippen LogP contribution in [-0.2, 0) is 11.3 Å². The van der Waals surface area contributed by atoms with Crippen molar-refractivity contribution in [2.24, 2.45) is 0 Å². The Hall–Kier alpha value is -3.19. The molecule has 3 heterocycles. The number of esters is 1. The van der Waals surface area contributed by atoms with Crippen LogP contribution in [0.1, 0.15) is 21.9 Å². The number of rotatable bonds is 4. The molecule has 6 nitrogen and oxygen atoms in total. The minimum atomic E-state index is -0.553. The van der Waals surface area contributed by atoms with Crippen molar-refractivity contribution in [1.29, 1.82) is 0 Å². The number of carbonyl (C=O) groups is 1. The van der Waals surface area contributed by atoms with E-state index in [0.29, 0.717) is 16.0 Å². The zero-order valence-electron chi connectivity index (χ0n) is 14.8. The SMILES string of the molecule is COC(=O)c1ccc(Cn2cnc3c(-c4cccc(C)c4)csc3c2=O)o1. The minimum Gasteiger partial charge on any atom is -0.463 e. The Balaban J connectivity index is 1.70. The topological polar surface area (TPSA) is 74.3 Å². The highest BCUT2D eigenvalue weighted by molar-refractivity contribution is 7.17. The summed E-state index contributed by atoms with van der Waals surface area (Å²) in [7, 11) is 1.29. The van der Waals surface area contributed by atoms with E-state index in [1.54, 1.807) is 6.07 Å². The molecule has 0 fully saturated rings. The third-order valence-corrected chi connectivity index (χ3v) is 5.21. The molecule has 1 aromatic carbocycles. The van der Waals surface area contributed by atoms with Gasteiger partial charge in [-0.05, 0) is 24.6 Å². The van der Waals surface area contributed by atoms with Crippen LogP contribution in [0.2, 0.25) is 0 Å². The number of aryl methyl sites for hydroxylation is 1. The number of thiophene rings is 1. The molecule has 0 spiro atoms. The Morgan fingerprint density at radius 3 is 2.93 bits per heavy atom. The van der Waals surface area contributed by atoms with Crippen LogP contribution in [0.5, 0.6) is 0 Å². The summed E-state index contributed by atoms with van der Waals surface area (Å²) < 4.78 is 12.1. The quantitative estimate of drug-likeness (QED) is 0.503. The second-order valence-electron chi connectivity index (χ2n) is 6.13. The van der Waals surface area contributed by atoms with E-state index in [9.17, 15) is 9.59 Å². The van der Waals surface area contributed by atoms with Gasteiger partial charge in [-0.2, -0.15) is 0 Å². The van der Waals surface area contributed by atoms with Gasteiger partial charge in [0.15, 0.2) is 0 Å². The zero-order chi connectivity index (χ0) is 19.0. The predicted octanol–water partition coefficient (Wildman–Crippen LogP) is 3.86. The number of ether oxygens (including phenoxy) is 1. The van der Waals surface area contributed by atoms with Crippen molar-refractivity contribution in [2.75, 3.05) is 7.11 Å². The first-order valence-corrected chi connectivity index (χ1v) is 9.15. The molecule has 0 aliphatic carbocycles. The molecule has 0 saturated heterocycles. The lowest BCUT2D eigenvalue weighted by atomic mass is 10.1. The van der Waals surface area contributed by atoms with Crippen molar-refractivity contribution in [2.45, 2.75) is 13.5 Å². The molecule has 0 atom stereocenters. The number of benzene rings is 1. The fourth-order valence-corrected chi connectivity index (χ4v) is 3.89. The van der Waals surface area contributed by atoms with Gasteiger partial charge in [0.2, 0.25) is 5.76 Å². The maximum absolute atomic E-state index is 12.8. The van der Waals surface area contributed by atoms with Gasteiger partial charge in [-0.25, -0.2) is 9.78 Å². The van der Waals surface area contributed by atoms with Gasteiger partial charge in [-0.1, -0.05) is 29.8 Å². The fourth-order valence-electron chi connectivity index (χ4n) is 2.91. The average molecular weight is 380 g/mol. The lowest BCUT2D eigenvalue weighted by Crippen LogP contribution is -2.20. The molecule has 27 heavy (non-hydrogen) atoms. The molecule has 0 unspecified atom stereocenters. The van der Waals surface area contributed by atoms with Gasteiger partial charge in [0.25, 0.3) is 5.56 Å². The fraction of sp³-hybridized carbons (Fsp3) is 0.150. The van der Waals surface area contributed by atoms with Gasteiger partial charge < -0.3 is 9.15 Å². The van der Waals surface area contributed by atoms with Gasteiger partial charge in [-0.3, -0.25) is 9.36 Å². The monoisotopic (exact) mass is 380 g/mol. The van der Waals surface area contributed by atoms with Gasteiger partial charge >= 0.3 is 5.97 Å². The maximum Gasteiger partial charge on any atom is 0.373 e. The number of fused-ring (bicyclic) bond motifs is 1. The summed E-state index contributed by atoms with van der Waals surface area (Å²) >= 11 is 1.38. The summed E-state index contributed by atoms with van der Waals surface area (Å²) in [6.45, 7) is 2.22. The lowest BCUT2D eigenvalue weighted by molar-refractivity contribution is 0.0563. The van der Waals surface area contributed by atoms with E-state index >= 15 is 0 Å². The Bertz CT molecular complexity index is 1200. The van der Waals surface area contributed by atoms with Crippen molar-refractivity contribution >= 4 is 27.5 Å². The van der Waals surface area contributed by atoms with Crippen LogP contribution in [0.15, 0.2) is 57.3 Å². The predicted molar refractivity (Wildman–Crippen MR) is 103 cm³/mol. The van der Waals surface area contributed by atoms with Gasteiger partial charge in [-0.15, -0.1) is 11.3 Å². The minimum absolute atomic E-state index is 0.104. The maximum atomic E-state index is 12.8. The molecular formula is C20H16N2O4S. The molecule has 4 aromatic rings. The Morgan fingerprint density at radius 2 is 2.15 bits per heavy atom. The summed E-state index contributed by atoms with van der Waals surface area (Å²) in [6, 6.07) is 11.3. The van der Waals surface area contributed by atoms with E-state index < -0.39 is 5.97 Å². The summed E-state index contributed by atoms with van der Waals surface area (Å²) in [4.78, 5) is 28.8. The van der Waals surface area contributed by atoms with Crippen LogP contribution in [0, 0.1) is 6.92 Å². The number of hydrogen-bond donors (Lipinski definition) is 0. The number of hydrogen-bond acceptors (Lipinski definition) is 6. The van der Waals surface area contributed by atoms with E-state index in [1.165, 1.54) is 35.4 Å². The van der Waals surface area contributed by atoms with Crippen molar-refractivity contribution in [1.82, 2.24) is 9.55 Å². The van der Waals surface area contributed by atoms with E-state index in [-0.39, 0.29) is 17.9 Å². The molecule has 0 N–H and O–H groups in total. The first-order chi connectivity index (χ1) is 13.1. The molecule has 0 saturated carbocycles. The van der Waals surface area contributed by atoms with Crippen molar-refractivity contribution in [3.05, 3.63) is 75.5 Å². The standard InChI is InChI=1S/C20H16N2O4S/c1-12-4-3-5-13(8-12)15-10-27-18-17(15)21-11-22(19(18)23)9-14-6-7-16(26-14)20(24)25-2/h3-8,10-11H,9H2,1-2H3. The van der Waals surface area contributed by atoms with E-state index in [0.717, 1.165) is 16.7 Å². The van der Waals surface area contributed by atoms with Crippen LogP contribution >= 0.6 is 11.3 Å². The average Bonchev–Trinajstić information content (AvgIpc) is 3.31. The number of aromatic nitrogens is 2. The number of carbonyl (C=O) groups excluding carboxylic acids is 1. The summed E-state index contributed by atoms with van der Waals surface area (Å²) in [6.07, 6.45) is 1.51. The van der Waals surface area contributed by atoms with Crippen molar-refractivity contribution in [3.8, 4) is 11.1 Å². The number of nitrogens with zero attached hydrogens (tertiary/aromatic N) is 2. The number of methoxy groups -OCH3 is 1. The molecule has 0 amide bonds. The van der Waals surface area contributed by atoms with Crippen LogP contribution < -0.4 is 5.56 Å². The van der Waals surface area contributed by atoms with E-state index in [4.69, 9.17) is 4.42 Å². The third kappa shape index (κ3) is 3.17. The molecule has 4 rings (SSSR count). The molecule has 0 bridgehead atoms. The highest BCUT2D eigenvalue weighted by atomic mass is 32.1.